The van der Waals surface area contributed by atoms with E-state index in [1.165, 1.54) is 98.4 Å². The Morgan fingerprint density at radius 1 is 0.581 bits per heavy atom. The Morgan fingerprint density at radius 2 is 1.29 bits per heavy atom. The maximum atomic E-state index is 6.73. The predicted octanol–water partition coefficient (Wildman–Crippen LogP) is 14.2. The Kier molecular flexibility index (Phi) is 7.55. The molecule has 0 bridgehead atoms. The largest absolute Gasteiger partial charge is 0.449 e. The van der Waals surface area contributed by atoms with Gasteiger partial charge in [0.15, 0.2) is 30.3 Å². The van der Waals surface area contributed by atoms with Crippen molar-refractivity contribution in [3.8, 4) is 45.3 Å². The van der Waals surface area contributed by atoms with Gasteiger partial charge in [0.1, 0.15) is 0 Å². The van der Waals surface area contributed by atoms with E-state index >= 15 is 0 Å². The molecule has 5 heteroatoms. The van der Waals surface area contributed by atoms with Crippen LogP contribution >= 0.6 is 11.3 Å². The molecule has 1 N–H and O–H groups in total. The fourth-order valence-corrected chi connectivity index (χ4v) is 12.9. The molecule has 62 heavy (non-hydrogen) atoms. The van der Waals surface area contributed by atoms with Crippen molar-refractivity contribution in [2.24, 2.45) is 0 Å². The lowest BCUT2D eigenvalue weighted by atomic mass is 9.50. The van der Waals surface area contributed by atoms with Crippen LogP contribution in [0, 0.1) is 6.92 Å². The van der Waals surface area contributed by atoms with Crippen molar-refractivity contribution in [2.75, 3.05) is 5.32 Å². The standard InChI is InChI=1S/C57H46BNO2S/c1-31-25-42-43(57(4,5)24-23-56(42,2)3)29-45(31)59-46-30-50-49(60-47-18-9-10-19-48(47)61-50)28-38(46)39-27-40-35-15-8-11-20-51(35)62-55(40)53-41-26-37-33-14-7-6-13-32(33)21-22-34(37)36-16-12-17-44(52(36)41)58-54(39)53/h6-22,25,27-30,41,58-59H,23-24,26H2,1-5H3. The molecule has 300 valence electrons. The highest BCUT2D eigenvalue weighted by Gasteiger charge is 2.39. The molecule has 0 spiro atoms. The molecule has 0 saturated carbocycles. The summed E-state index contributed by atoms with van der Waals surface area (Å²) >= 11 is 1.97. The van der Waals surface area contributed by atoms with Gasteiger partial charge < -0.3 is 14.8 Å². The van der Waals surface area contributed by atoms with Gasteiger partial charge in [0.25, 0.3) is 0 Å². The van der Waals surface area contributed by atoms with Crippen LogP contribution in [-0.2, 0) is 17.3 Å². The van der Waals surface area contributed by atoms with Gasteiger partial charge in [-0.25, -0.2) is 0 Å². The molecule has 8 aromatic carbocycles. The lowest BCUT2D eigenvalue weighted by Crippen LogP contribution is -2.42. The molecule has 1 aromatic heterocycles. The number of hydrogen-bond donors (Lipinski definition) is 1. The maximum Gasteiger partial charge on any atom is 0.193 e. The molecule has 9 aromatic rings. The Balaban J connectivity index is 1.08. The lowest BCUT2D eigenvalue weighted by molar-refractivity contribution is 0.332. The summed E-state index contributed by atoms with van der Waals surface area (Å²) in [5.74, 6) is 3.13. The second-order valence-corrected chi connectivity index (χ2v) is 20.6. The summed E-state index contributed by atoms with van der Waals surface area (Å²) in [5.41, 5.74) is 18.9. The van der Waals surface area contributed by atoms with Crippen molar-refractivity contribution >= 4 is 71.9 Å². The monoisotopic (exact) mass is 819 g/mol. The highest BCUT2D eigenvalue weighted by atomic mass is 32.1. The number of anilines is 2. The molecule has 3 heterocycles. The zero-order valence-electron chi connectivity index (χ0n) is 35.8. The number of fused-ring (bicyclic) bond motifs is 13. The van der Waals surface area contributed by atoms with E-state index in [0.29, 0.717) is 5.75 Å². The number of nitrogens with one attached hydrogen (secondary N) is 1. The van der Waals surface area contributed by atoms with Crippen LogP contribution in [0.1, 0.15) is 79.8 Å². The fraction of sp³-hybridized carbons (Fsp3) is 0.193. The highest BCUT2D eigenvalue weighted by Crippen LogP contribution is 2.54. The first-order chi connectivity index (χ1) is 30.1. The Hall–Kier alpha value is -6.30. The van der Waals surface area contributed by atoms with Gasteiger partial charge in [0.05, 0.1) is 5.69 Å². The number of para-hydroxylation sites is 2. The fourth-order valence-electron chi connectivity index (χ4n) is 11.6. The van der Waals surface area contributed by atoms with Crippen LogP contribution in [-0.4, -0.2) is 7.28 Å². The molecule has 1 unspecified atom stereocenters. The van der Waals surface area contributed by atoms with Crippen molar-refractivity contribution in [3.63, 3.8) is 0 Å². The molecule has 0 radical (unpaired) electrons. The third kappa shape index (κ3) is 5.24. The minimum absolute atomic E-state index is 0.0780. The quantitative estimate of drug-likeness (QED) is 0.180. The van der Waals surface area contributed by atoms with Gasteiger partial charge >= 0.3 is 0 Å². The predicted molar refractivity (Wildman–Crippen MR) is 262 cm³/mol. The molecular formula is C57H46BNO2S. The third-order valence-electron chi connectivity index (χ3n) is 14.9. The molecule has 1 atom stereocenters. The normalized spacial score (nSPS) is 17.1. The van der Waals surface area contributed by atoms with E-state index < -0.39 is 0 Å². The first kappa shape index (κ1) is 36.4. The van der Waals surface area contributed by atoms with Crippen molar-refractivity contribution in [3.05, 3.63) is 167 Å². The number of thiophene rings is 1. The summed E-state index contributed by atoms with van der Waals surface area (Å²) in [4.78, 5) is 0. The van der Waals surface area contributed by atoms with E-state index in [9.17, 15) is 0 Å². The van der Waals surface area contributed by atoms with Crippen molar-refractivity contribution in [1.29, 1.82) is 0 Å². The van der Waals surface area contributed by atoms with Crippen molar-refractivity contribution in [2.45, 2.75) is 70.6 Å². The van der Waals surface area contributed by atoms with E-state index in [2.05, 4.69) is 149 Å². The molecule has 0 amide bonds. The van der Waals surface area contributed by atoms with E-state index in [1.807, 2.05) is 35.6 Å². The lowest BCUT2D eigenvalue weighted by Gasteiger charge is -2.42. The average Bonchev–Trinajstić information content (AvgIpc) is 3.65. The highest BCUT2D eigenvalue weighted by molar-refractivity contribution is 7.26. The maximum absolute atomic E-state index is 6.73. The third-order valence-corrected chi connectivity index (χ3v) is 16.2. The first-order valence-corrected chi connectivity index (χ1v) is 23.1. The minimum atomic E-state index is 0.0780. The van der Waals surface area contributed by atoms with Gasteiger partial charge in [0.2, 0.25) is 0 Å². The number of hydrogen-bond acceptors (Lipinski definition) is 4. The summed E-state index contributed by atoms with van der Waals surface area (Å²) in [5, 5.41) is 9.39. The van der Waals surface area contributed by atoms with Crippen LogP contribution in [0.2, 0.25) is 0 Å². The first-order valence-electron chi connectivity index (χ1n) is 22.3. The smallest absolute Gasteiger partial charge is 0.193 e. The molecule has 0 saturated heterocycles. The van der Waals surface area contributed by atoms with Gasteiger partial charge in [-0.1, -0.05) is 130 Å². The van der Waals surface area contributed by atoms with E-state index in [-0.39, 0.29) is 16.7 Å². The van der Waals surface area contributed by atoms with Gasteiger partial charge in [-0.2, -0.15) is 0 Å². The zero-order valence-corrected chi connectivity index (χ0v) is 36.6. The van der Waals surface area contributed by atoms with Crippen LogP contribution < -0.4 is 25.7 Å². The number of ether oxygens (including phenoxy) is 2. The summed E-state index contributed by atoms with van der Waals surface area (Å²) < 4.78 is 16.1. The van der Waals surface area contributed by atoms with E-state index in [1.54, 1.807) is 0 Å². The molecule has 4 aliphatic rings. The Morgan fingerprint density at radius 3 is 2.10 bits per heavy atom. The topological polar surface area (TPSA) is 30.5 Å². The summed E-state index contributed by atoms with van der Waals surface area (Å²) in [6.07, 6.45) is 3.31. The summed E-state index contributed by atoms with van der Waals surface area (Å²) in [6, 6.07) is 49.5. The van der Waals surface area contributed by atoms with Crippen molar-refractivity contribution < 1.29 is 9.47 Å². The Labute approximate surface area is 367 Å². The summed E-state index contributed by atoms with van der Waals surface area (Å²) in [7, 11) is 0.856. The zero-order chi connectivity index (χ0) is 41.6. The van der Waals surface area contributed by atoms with Gasteiger partial charge in [-0.05, 0) is 134 Å². The van der Waals surface area contributed by atoms with Crippen LogP contribution in [0.3, 0.4) is 0 Å². The number of aryl methyl sites for hydroxylation is 1. The Bertz CT molecular complexity index is 3430. The van der Waals surface area contributed by atoms with Gasteiger partial charge in [-0.3, -0.25) is 0 Å². The van der Waals surface area contributed by atoms with Crippen LogP contribution in [0.15, 0.2) is 133 Å². The van der Waals surface area contributed by atoms with Crippen LogP contribution in [0.25, 0.3) is 53.2 Å². The molecular weight excluding hydrogens is 774 g/mol. The SMILES string of the molecule is Cc1cc2c(cc1Nc1cc3c(cc1-c1cc4c(sc5ccccc54)c4c1Bc1cccc5c1C4Cc1c-5ccc4ccccc14)Oc1ccccc1O3)C(C)(C)CCC2(C)C. The molecule has 0 fully saturated rings. The number of rotatable bonds is 3. The minimum Gasteiger partial charge on any atom is -0.449 e. The number of benzene rings is 8. The van der Waals surface area contributed by atoms with E-state index in [0.717, 1.165) is 54.3 Å². The molecule has 2 aliphatic heterocycles. The summed E-state index contributed by atoms with van der Waals surface area (Å²) in [6.45, 7) is 11.9. The van der Waals surface area contributed by atoms with Gasteiger partial charge in [-0.15, -0.1) is 11.3 Å². The van der Waals surface area contributed by atoms with E-state index in [4.69, 9.17) is 9.47 Å². The second kappa shape index (κ2) is 12.9. The van der Waals surface area contributed by atoms with Crippen LogP contribution in [0.5, 0.6) is 23.0 Å². The van der Waals surface area contributed by atoms with Gasteiger partial charge in [0, 0.05) is 43.4 Å². The molecule has 2 aliphatic carbocycles. The van der Waals surface area contributed by atoms with Crippen molar-refractivity contribution in [1.82, 2.24) is 0 Å². The average molecular weight is 820 g/mol. The van der Waals surface area contributed by atoms with Crippen LogP contribution in [0.4, 0.5) is 11.4 Å². The second-order valence-electron chi connectivity index (χ2n) is 19.5. The molecule has 13 rings (SSSR count). The molecule has 3 nitrogen and oxygen atoms in total.